The molecule has 0 spiro atoms. The molecule has 2 rings (SSSR count). The van der Waals surface area contributed by atoms with Gasteiger partial charge in [0.25, 0.3) is 5.91 Å². The van der Waals surface area contributed by atoms with Crippen molar-refractivity contribution in [3.63, 3.8) is 0 Å². The highest BCUT2D eigenvalue weighted by Crippen LogP contribution is 2.31. The maximum atomic E-state index is 12.7. The molecule has 28 heavy (non-hydrogen) atoms. The van der Waals surface area contributed by atoms with Crippen LogP contribution in [-0.2, 0) is 11.0 Å². The number of rotatable bonds is 6. The van der Waals surface area contributed by atoms with Gasteiger partial charge in [0.2, 0.25) is 0 Å². The van der Waals surface area contributed by atoms with Crippen molar-refractivity contribution >= 4 is 28.8 Å². The zero-order chi connectivity index (χ0) is 20.9. The molecule has 0 fully saturated rings. The molecule has 0 atom stereocenters. The molecule has 0 aromatic heterocycles. The van der Waals surface area contributed by atoms with E-state index in [2.05, 4.69) is 5.32 Å². The number of carbonyl (C=O) groups is 2. The van der Waals surface area contributed by atoms with Crippen molar-refractivity contribution in [2.75, 3.05) is 6.54 Å². The van der Waals surface area contributed by atoms with E-state index in [0.29, 0.717) is 16.7 Å². The fourth-order valence-electron chi connectivity index (χ4n) is 2.40. The van der Waals surface area contributed by atoms with Gasteiger partial charge in [-0.05, 0) is 48.0 Å². The first-order valence-corrected chi connectivity index (χ1v) is 8.57. The number of amides is 1. The lowest BCUT2D eigenvalue weighted by molar-refractivity contribution is -0.137. The lowest BCUT2D eigenvalue weighted by Gasteiger charge is -2.12. The van der Waals surface area contributed by atoms with Crippen molar-refractivity contribution in [2.45, 2.75) is 13.1 Å². The fraction of sp³-hybridized carbons (Fsp3) is 0.150. The molecule has 3 N–H and O–H groups in total. The third-order valence-electron chi connectivity index (χ3n) is 3.97. The maximum Gasteiger partial charge on any atom is 0.416 e. The van der Waals surface area contributed by atoms with Crippen LogP contribution < -0.4 is 11.1 Å². The maximum absolute atomic E-state index is 12.7. The van der Waals surface area contributed by atoms with Crippen LogP contribution in [0.2, 0.25) is 0 Å². The quantitative estimate of drug-likeness (QED) is 0.564. The third kappa shape index (κ3) is 5.04. The van der Waals surface area contributed by atoms with E-state index in [9.17, 15) is 22.8 Å². The molecule has 8 heteroatoms. The Labute approximate surface area is 165 Å². The lowest BCUT2D eigenvalue weighted by atomic mass is 9.98. The molecule has 0 bridgehead atoms. The van der Waals surface area contributed by atoms with Gasteiger partial charge in [0, 0.05) is 5.56 Å². The van der Waals surface area contributed by atoms with Crippen molar-refractivity contribution < 1.29 is 22.8 Å². The minimum atomic E-state index is -4.44. The number of benzene rings is 2. The van der Waals surface area contributed by atoms with Crippen LogP contribution in [0.25, 0.3) is 11.1 Å². The highest BCUT2D eigenvalue weighted by Gasteiger charge is 2.30. The highest BCUT2D eigenvalue weighted by molar-refractivity contribution is 7.82. The largest absolute Gasteiger partial charge is 0.416 e. The average molecular weight is 406 g/mol. The minimum absolute atomic E-state index is 0.0267. The molecule has 0 saturated heterocycles. The Morgan fingerprint density at radius 1 is 1.11 bits per heavy atom. The summed E-state index contributed by atoms with van der Waals surface area (Å²) in [4.78, 5) is 24.5. The van der Waals surface area contributed by atoms with Gasteiger partial charge >= 0.3 is 6.18 Å². The summed E-state index contributed by atoms with van der Waals surface area (Å²) >= 11 is 4.97. The Balaban J connectivity index is 2.21. The summed E-state index contributed by atoms with van der Waals surface area (Å²) in [6.07, 6.45) is -3.23. The van der Waals surface area contributed by atoms with Gasteiger partial charge in [-0.25, -0.2) is 0 Å². The number of nitrogens with one attached hydrogen (secondary N) is 1. The van der Waals surface area contributed by atoms with Crippen LogP contribution in [0.4, 0.5) is 13.2 Å². The number of allylic oxidation sites excluding steroid dienone is 1. The van der Waals surface area contributed by atoms with E-state index in [0.717, 1.165) is 12.1 Å². The Kier molecular flexibility index (Phi) is 6.69. The molecule has 2 aromatic carbocycles. The fourth-order valence-corrected chi connectivity index (χ4v) is 2.54. The SMILES string of the molecule is CC(=CN)C(=S)C(=O)CNC(=O)c1ccccc1-c1ccc(C(F)(F)F)cc1. The van der Waals surface area contributed by atoms with Crippen LogP contribution in [-0.4, -0.2) is 23.1 Å². The van der Waals surface area contributed by atoms with Crippen molar-refractivity contribution in [3.05, 3.63) is 71.4 Å². The number of carbonyl (C=O) groups excluding carboxylic acids is 2. The van der Waals surface area contributed by atoms with E-state index in [1.54, 1.807) is 25.1 Å². The molecule has 0 radical (unpaired) electrons. The first kappa shape index (κ1) is 21.3. The summed E-state index contributed by atoms with van der Waals surface area (Å²) in [5.74, 6) is -1.00. The van der Waals surface area contributed by atoms with E-state index in [-0.39, 0.29) is 17.0 Å². The lowest BCUT2D eigenvalue weighted by Crippen LogP contribution is -2.33. The zero-order valence-corrected chi connectivity index (χ0v) is 15.7. The Morgan fingerprint density at radius 3 is 2.29 bits per heavy atom. The summed E-state index contributed by atoms with van der Waals surface area (Å²) in [6, 6.07) is 10.9. The smallest absolute Gasteiger partial charge is 0.404 e. The van der Waals surface area contributed by atoms with Gasteiger partial charge in [0.1, 0.15) is 0 Å². The first-order chi connectivity index (χ1) is 13.1. The first-order valence-electron chi connectivity index (χ1n) is 8.16. The predicted molar refractivity (Wildman–Crippen MR) is 105 cm³/mol. The number of nitrogens with two attached hydrogens (primary N) is 1. The normalized spacial score (nSPS) is 11.8. The van der Waals surface area contributed by atoms with Crippen LogP contribution >= 0.6 is 12.2 Å². The topological polar surface area (TPSA) is 72.2 Å². The van der Waals surface area contributed by atoms with Gasteiger partial charge in [-0.1, -0.05) is 42.5 Å². The standard InChI is InChI=1S/C20H17F3N2O2S/c1-12(10-24)18(28)17(26)11-25-19(27)16-5-3-2-4-15(16)13-6-8-14(9-7-13)20(21,22)23/h2-10H,11,24H2,1H3,(H,25,27). The summed E-state index contributed by atoms with van der Waals surface area (Å²) in [5.41, 5.74) is 6.09. The van der Waals surface area contributed by atoms with E-state index in [4.69, 9.17) is 18.0 Å². The number of Topliss-reactive ketones (excluding diaryl/α,β-unsaturated/α-hetero) is 1. The summed E-state index contributed by atoms with van der Waals surface area (Å²) in [7, 11) is 0. The highest BCUT2D eigenvalue weighted by atomic mass is 32.1. The molecular weight excluding hydrogens is 389 g/mol. The molecule has 0 aliphatic carbocycles. The zero-order valence-electron chi connectivity index (χ0n) is 14.8. The summed E-state index contributed by atoms with van der Waals surface area (Å²) in [5, 5.41) is 2.48. The second kappa shape index (κ2) is 8.79. The molecular formula is C20H17F3N2O2S. The molecule has 146 valence electrons. The van der Waals surface area contributed by atoms with Crippen molar-refractivity contribution in [2.24, 2.45) is 5.73 Å². The number of alkyl halides is 3. The van der Waals surface area contributed by atoms with Crippen LogP contribution in [0.1, 0.15) is 22.8 Å². The number of halogens is 3. The summed E-state index contributed by atoms with van der Waals surface area (Å²) < 4.78 is 38.2. The molecule has 0 saturated carbocycles. The van der Waals surface area contributed by atoms with Gasteiger partial charge in [-0.3, -0.25) is 9.59 Å². The number of ketones is 1. The van der Waals surface area contributed by atoms with Crippen LogP contribution in [0.3, 0.4) is 0 Å². The van der Waals surface area contributed by atoms with Crippen molar-refractivity contribution in [1.29, 1.82) is 0 Å². The minimum Gasteiger partial charge on any atom is -0.404 e. The molecule has 0 unspecified atom stereocenters. The molecule has 2 aromatic rings. The van der Waals surface area contributed by atoms with Crippen molar-refractivity contribution in [1.82, 2.24) is 5.32 Å². The second-order valence-corrected chi connectivity index (χ2v) is 6.31. The van der Waals surface area contributed by atoms with E-state index in [1.807, 2.05) is 0 Å². The van der Waals surface area contributed by atoms with Gasteiger partial charge in [-0.15, -0.1) is 0 Å². The van der Waals surface area contributed by atoms with Gasteiger partial charge in [0.05, 0.1) is 17.0 Å². The second-order valence-electron chi connectivity index (χ2n) is 5.91. The van der Waals surface area contributed by atoms with E-state index >= 15 is 0 Å². The van der Waals surface area contributed by atoms with Gasteiger partial charge in [0.15, 0.2) is 5.78 Å². The molecule has 0 heterocycles. The van der Waals surface area contributed by atoms with E-state index < -0.39 is 23.4 Å². The Bertz CT molecular complexity index is 935. The van der Waals surface area contributed by atoms with Gasteiger partial charge < -0.3 is 11.1 Å². The third-order valence-corrected chi connectivity index (χ3v) is 4.52. The van der Waals surface area contributed by atoms with Crippen molar-refractivity contribution in [3.8, 4) is 11.1 Å². The average Bonchev–Trinajstić information content (AvgIpc) is 2.70. The number of hydrogen-bond acceptors (Lipinski definition) is 4. The van der Waals surface area contributed by atoms with Crippen LogP contribution in [0.5, 0.6) is 0 Å². The molecule has 0 aliphatic heterocycles. The predicted octanol–water partition coefficient (Wildman–Crippen LogP) is 3.90. The Morgan fingerprint density at radius 2 is 1.71 bits per heavy atom. The molecule has 0 aliphatic rings. The summed E-state index contributed by atoms with van der Waals surface area (Å²) in [6.45, 7) is 1.27. The number of thiocarbonyl (C=S) groups is 1. The monoisotopic (exact) mass is 406 g/mol. The molecule has 4 nitrogen and oxygen atoms in total. The van der Waals surface area contributed by atoms with Gasteiger partial charge in [-0.2, -0.15) is 13.2 Å². The van der Waals surface area contributed by atoms with E-state index in [1.165, 1.54) is 24.4 Å². The van der Waals surface area contributed by atoms with Crippen LogP contribution in [0, 0.1) is 0 Å². The molecule has 1 amide bonds. The number of hydrogen-bond donors (Lipinski definition) is 2. The Hall–Kier alpha value is -3.00. The van der Waals surface area contributed by atoms with Crippen LogP contribution in [0.15, 0.2) is 60.3 Å².